The van der Waals surface area contributed by atoms with Gasteiger partial charge in [-0.3, -0.25) is 0 Å². The molecule has 1 saturated carbocycles. The van der Waals surface area contributed by atoms with Gasteiger partial charge < -0.3 is 5.11 Å². The molecule has 0 aliphatic heterocycles. The number of aliphatic hydroxyl groups excluding tert-OH is 1. The quantitative estimate of drug-likeness (QED) is 0.667. The van der Waals surface area contributed by atoms with Crippen LogP contribution in [-0.4, -0.2) is 11.2 Å². The molecular formula is C13H24O. The molecule has 0 unspecified atom stereocenters. The second kappa shape index (κ2) is 4.48. The maximum Gasteiger partial charge on any atom is 0.0624 e. The van der Waals surface area contributed by atoms with Crippen molar-refractivity contribution in [2.75, 3.05) is 0 Å². The number of aliphatic hydroxyl groups is 1. The second-order valence-corrected chi connectivity index (χ2v) is 5.18. The van der Waals surface area contributed by atoms with Gasteiger partial charge in [0.15, 0.2) is 0 Å². The largest absolute Gasteiger partial charge is 0.392 e. The molecule has 0 aromatic rings. The molecule has 0 heterocycles. The summed E-state index contributed by atoms with van der Waals surface area (Å²) in [5.74, 6) is 0.447. The maximum absolute atomic E-state index is 10.2. The molecule has 2 atom stereocenters. The Morgan fingerprint density at radius 2 is 2.00 bits per heavy atom. The van der Waals surface area contributed by atoms with E-state index in [1.165, 1.54) is 18.4 Å². The van der Waals surface area contributed by atoms with Gasteiger partial charge in [-0.05, 0) is 39.0 Å². The van der Waals surface area contributed by atoms with Crippen molar-refractivity contribution in [3.05, 3.63) is 11.6 Å². The van der Waals surface area contributed by atoms with Crippen molar-refractivity contribution in [2.45, 2.75) is 59.5 Å². The molecule has 0 saturated heterocycles. The van der Waals surface area contributed by atoms with Crippen molar-refractivity contribution in [3.8, 4) is 0 Å². The second-order valence-electron chi connectivity index (χ2n) is 5.18. The van der Waals surface area contributed by atoms with Gasteiger partial charge in [-0.15, -0.1) is 0 Å². The third-order valence-electron chi connectivity index (χ3n) is 3.62. The Balaban J connectivity index is 2.53. The summed E-state index contributed by atoms with van der Waals surface area (Å²) in [7, 11) is 0. The smallest absolute Gasteiger partial charge is 0.0624 e. The topological polar surface area (TPSA) is 20.2 Å². The molecule has 0 bridgehead atoms. The highest BCUT2D eigenvalue weighted by atomic mass is 16.3. The lowest BCUT2D eigenvalue weighted by molar-refractivity contribution is 0.0432. The summed E-state index contributed by atoms with van der Waals surface area (Å²) in [6.45, 7) is 8.58. The summed E-state index contributed by atoms with van der Waals surface area (Å²) in [6.07, 6.45) is 6.75. The number of allylic oxidation sites excluding steroid dienone is 2. The van der Waals surface area contributed by atoms with Crippen molar-refractivity contribution in [2.24, 2.45) is 11.3 Å². The third kappa shape index (κ3) is 2.60. The van der Waals surface area contributed by atoms with Crippen molar-refractivity contribution >= 4 is 0 Å². The lowest BCUT2D eigenvalue weighted by atomic mass is 9.85. The summed E-state index contributed by atoms with van der Waals surface area (Å²) in [5, 5.41) is 10.2. The van der Waals surface area contributed by atoms with Crippen LogP contribution in [0.5, 0.6) is 0 Å². The van der Waals surface area contributed by atoms with E-state index in [1.807, 2.05) is 0 Å². The van der Waals surface area contributed by atoms with Crippen LogP contribution in [0, 0.1) is 11.3 Å². The average Bonchev–Trinajstić information content (AvgIpc) is 2.93. The zero-order valence-electron chi connectivity index (χ0n) is 10.0. The molecule has 1 fully saturated rings. The lowest BCUT2D eigenvalue weighted by Gasteiger charge is -2.26. The molecule has 82 valence electrons. The SMILES string of the molecule is CC[C@@H](C)[C@H](O)C1(CC=C(C)C)CC1. The van der Waals surface area contributed by atoms with E-state index in [4.69, 9.17) is 0 Å². The number of rotatable bonds is 5. The molecule has 1 nitrogen and oxygen atoms in total. The molecule has 1 rings (SSSR count). The fourth-order valence-electron chi connectivity index (χ4n) is 2.02. The first-order valence-electron chi connectivity index (χ1n) is 5.83. The minimum atomic E-state index is -0.0944. The van der Waals surface area contributed by atoms with Crippen LogP contribution in [0.25, 0.3) is 0 Å². The number of hydrogen-bond donors (Lipinski definition) is 1. The van der Waals surface area contributed by atoms with E-state index in [2.05, 4.69) is 33.8 Å². The molecule has 0 aromatic carbocycles. The van der Waals surface area contributed by atoms with Gasteiger partial charge in [0, 0.05) is 5.41 Å². The molecule has 14 heavy (non-hydrogen) atoms. The molecule has 0 spiro atoms. The minimum Gasteiger partial charge on any atom is -0.392 e. The maximum atomic E-state index is 10.2. The fourth-order valence-corrected chi connectivity index (χ4v) is 2.02. The minimum absolute atomic E-state index is 0.0944. The normalized spacial score (nSPS) is 22.6. The molecule has 0 radical (unpaired) electrons. The van der Waals surface area contributed by atoms with E-state index >= 15 is 0 Å². The summed E-state index contributed by atoms with van der Waals surface area (Å²) >= 11 is 0. The Morgan fingerprint density at radius 3 is 2.36 bits per heavy atom. The Labute approximate surface area is 88.2 Å². The van der Waals surface area contributed by atoms with Gasteiger partial charge in [0.1, 0.15) is 0 Å². The van der Waals surface area contributed by atoms with Gasteiger partial charge in [0.05, 0.1) is 6.10 Å². The fraction of sp³-hybridized carbons (Fsp3) is 0.846. The van der Waals surface area contributed by atoms with Crippen LogP contribution in [0.3, 0.4) is 0 Å². The monoisotopic (exact) mass is 196 g/mol. The Hall–Kier alpha value is -0.300. The molecule has 1 aliphatic carbocycles. The first kappa shape index (κ1) is 11.8. The summed E-state index contributed by atoms with van der Waals surface area (Å²) in [6, 6.07) is 0. The first-order valence-corrected chi connectivity index (χ1v) is 5.83. The summed E-state index contributed by atoms with van der Waals surface area (Å²) in [4.78, 5) is 0. The number of hydrogen-bond acceptors (Lipinski definition) is 1. The van der Waals surface area contributed by atoms with Crippen molar-refractivity contribution in [1.29, 1.82) is 0 Å². The zero-order chi connectivity index (χ0) is 10.8. The molecule has 0 aromatic heterocycles. The molecular weight excluding hydrogens is 172 g/mol. The van der Waals surface area contributed by atoms with E-state index < -0.39 is 0 Å². The van der Waals surface area contributed by atoms with Crippen LogP contribution in [0.1, 0.15) is 53.4 Å². The molecule has 1 N–H and O–H groups in total. The van der Waals surface area contributed by atoms with E-state index in [-0.39, 0.29) is 11.5 Å². The molecule has 1 heteroatoms. The lowest BCUT2D eigenvalue weighted by Crippen LogP contribution is -2.28. The average molecular weight is 196 g/mol. The van der Waals surface area contributed by atoms with Crippen LogP contribution in [0.4, 0.5) is 0 Å². The van der Waals surface area contributed by atoms with Crippen LogP contribution < -0.4 is 0 Å². The molecule has 0 amide bonds. The van der Waals surface area contributed by atoms with Crippen molar-refractivity contribution in [1.82, 2.24) is 0 Å². The van der Waals surface area contributed by atoms with Crippen LogP contribution in [-0.2, 0) is 0 Å². The standard InChI is InChI=1S/C13H24O/c1-5-11(4)12(14)13(8-9-13)7-6-10(2)3/h6,11-12,14H,5,7-9H2,1-4H3/t11-,12+/m1/s1. The highest BCUT2D eigenvalue weighted by Gasteiger charge is 2.49. The molecule has 1 aliphatic rings. The summed E-state index contributed by atoms with van der Waals surface area (Å²) < 4.78 is 0. The zero-order valence-corrected chi connectivity index (χ0v) is 10.0. The Kier molecular flexibility index (Phi) is 3.77. The van der Waals surface area contributed by atoms with Gasteiger partial charge >= 0.3 is 0 Å². The Morgan fingerprint density at radius 1 is 1.43 bits per heavy atom. The van der Waals surface area contributed by atoms with Gasteiger partial charge in [-0.1, -0.05) is 31.9 Å². The first-order chi connectivity index (χ1) is 6.52. The van der Waals surface area contributed by atoms with Gasteiger partial charge in [0.2, 0.25) is 0 Å². The van der Waals surface area contributed by atoms with E-state index in [0.717, 1.165) is 12.8 Å². The van der Waals surface area contributed by atoms with Crippen LogP contribution in [0.15, 0.2) is 11.6 Å². The predicted octanol–water partition coefficient (Wildman–Crippen LogP) is 3.53. The highest BCUT2D eigenvalue weighted by molar-refractivity contribution is 5.07. The highest BCUT2D eigenvalue weighted by Crippen LogP contribution is 2.54. The predicted molar refractivity (Wildman–Crippen MR) is 61.2 cm³/mol. The van der Waals surface area contributed by atoms with Crippen molar-refractivity contribution in [3.63, 3.8) is 0 Å². The van der Waals surface area contributed by atoms with Gasteiger partial charge in [-0.2, -0.15) is 0 Å². The Bertz CT molecular complexity index is 209. The van der Waals surface area contributed by atoms with E-state index in [9.17, 15) is 5.11 Å². The van der Waals surface area contributed by atoms with E-state index in [1.54, 1.807) is 0 Å². The summed E-state index contributed by atoms with van der Waals surface area (Å²) in [5.41, 5.74) is 1.61. The van der Waals surface area contributed by atoms with Gasteiger partial charge in [-0.25, -0.2) is 0 Å². The third-order valence-corrected chi connectivity index (χ3v) is 3.62. The van der Waals surface area contributed by atoms with E-state index in [0.29, 0.717) is 5.92 Å². The van der Waals surface area contributed by atoms with Gasteiger partial charge in [0.25, 0.3) is 0 Å². The van der Waals surface area contributed by atoms with Crippen LogP contribution in [0.2, 0.25) is 0 Å². The van der Waals surface area contributed by atoms with Crippen molar-refractivity contribution < 1.29 is 5.11 Å². The van der Waals surface area contributed by atoms with Crippen LogP contribution >= 0.6 is 0 Å².